The lowest BCUT2D eigenvalue weighted by Gasteiger charge is -2.34. The number of rotatable bonds is 2. The van der Waals surface area contributed by atoms with Crippen LogP contribution in [0.2, 0.25) is 0 Å². The number of nitrogens with zero attached hydrogens (tertiary/aromatic N) is 1. The fourth-order valence-electron chi connectivity index (χ4n) is 2.57. The van der Waals surface area contributed by atoms with Crippen LogP contribution < -0.4 is 5.32 Å². The van der Waals surface area contributed by atoms with Gasteiger partial charge in [0.15, 0.2) is 0 Å². The molecule has 0 radical (unpaired) electrons. The van der Waals surface area contributed by atoms with Gasteiger partial charge in [0.1, 0.15) is 5.60 Å². The molecule has 2 unspecified atom stereocenters. The minimum absolute atomic E-state index is 0.148. The summed E-state index contributed by atoms with van der Waals surface area (Å²) in [6, 6.07) is 0. The Morgan fingerprint density at radius 3 is 3.00 bits per heavy atom. The van der Waals surface area contributed by atoms with Crippen molar-refractivity contribution in [3.8, 4) is 0 Å². The second-order valence-corrected chi connectivity index (χ2v) is 4.74. The Morgan fingerprint density at radius 2 is 2.47 bits per heavy atom. The van der Waals surface area contributed by atoms with Gasteiger partial charge in [-0.2, -0.15) is 0 Å². The monoisotopic (exact) mass is 212 g/mol. The van der Waals surface area contributed by atoms with E-state index in [0.717, 1.165) is 32.6 Å². The smallest absolute Gasteiger partial charge is 0.410 e. The number of hydrogen-bond donors (Lipinski definition) is 1. The number of carbonyl (C=O) groups is 1. The van der Waals surface area contributed by atoms with Crippen molar-refractivity contribution in [2.45, 2.75) is 32.3 Å². The van der Waals surface area contributed by atoms with Crippen LogP contribution in [0, 0.1) is 5.92 Å². The Morgan fingerprint density at radius 1 is 1.67 bits per heavy atom. The summed E-state index contributed by atoms with van der Waals surface area (Å²) in [4.78, 5) is 13.3. The molecular weight excluding hydrogens is 192 g/mol. The molecule has 2 heterocycles. The highest BCUT2D eigenvalue weighted by Gasteiger charge is 2.46. The zero-order chi connectivity index (χ0) is 10.9. The normalized spacial score (nSPS) is 36.8. The van der Waals surface area contributed by atoms with E-state index in [-0.39, 0.29) is 11.7 Å². The second-order valence-electron chi connectivity index (χ2n) is 4.74. The first-order chi connectivity index (χ1) is 7.15. The van der Waals surface area contributed by atoms with E-state index in [4.69, 9.17) is 4.74 Å². The van der Waals surface area contributed by atoms with Crippen LogP contribution in [0.4, 0.5) is 4.79 Å². The number of likely N-dealkylation sites (N-methyl/N-ethyl adjacent to an activating group) is 1. The highest BCUT2D eigenvalue weighted by molar-refractivity contribution is 5.70. The zero-order valence-corrected chi connectivity index (χ0v) is 9.58. The molecule has 0 aromatic carbocycles. The molecule has 0 aromatic heterocycles. The maximum atomic E-state index is 11.5. The molecule has 2 atom stereocenters. The third-order valence-corrected chi connectivity index (χ3v) is 3.63. The molecule has 2 rings (SSSR count). The average Bonchev–Trinajstić information content (AvgIpc) is 2.56. The van der Waals surface area contributed by atoms with E-state index in [1.54, 1.807) is 4.90 Å². The van der Waals surface area contributed by atoms with Gasteiger partial charge in [-0.1, -0.05) is 0 Å². The van der Waals surface area contributed by atoms with Crippen molar-refractivity contribution in [2.24, 2.45) is 5.92 Å². The van der Waals surface area contributed by atoms with E-state index < -0.39 is 0 Å². The standard InChI is InChI=1S/C11H20N2O2/c1-3-13-8-11(2,15-10(13)14)9-5-4-6-12-7-9/h9,12H,3-8H2,1-2H3. The highest BCUT2D eigenvalue weighted by Crippen LogP contribution is 2.33. The molecule has 2 saturated heterocycles. The Labute approximate surface area is 91.0 Å². The van der Waals surface area contributed by atoms with Crippen LogP contribution in [0.15, 0.2) is 0 Å². The number of amides is 1. The van der Waals surface area contributed by atoms with Crippen molar-refractivity contribution < 1.29 is 9.53 Å². The molecule has 0 aromatic rings. The van der Waals surface area contributed by atoms with Crippen LogP contribution in [0.25, 0.3) is 0 Å². The van der Waals surface area contributed by atoms with Gasteiger partial charge in [-0.05, 0) is 33.2 Å². The Bertz CT molecular complexity index is 251. The predicted octanol–water partition coefficient (Wildman–Crippen LogP) is 1.22. The summed E-state index contributed by atoms with van der Waals surface area (Å²) >= 11 is 0. The molecule has 0 bridgehead atoms. The number of nitrogens with one attached hydrogen (secondary N) is 1. The van der Waals surface area contributed by atoms with Crippen LogP contribution >= 0.6 is 0 Å². The van der Waals surface area contributed by atoms with Crippen molar-refractivity contribution in [3.63, 3.8) is 0 Å². The molecule has 15 heavy (non-hydrogen) atoms. The third kappa shape index (κ3) is 1.95. The quantitative estimate of drug-likeness (QED) is 0.748. The van der Waals surface area contributed by atoms with Gasteiger partial charge in [-0.25, -0.2) is 4.79 Å². The average molecular weight is 212 g/mol. The lowest BCUT2D eigenvalue weighted by molar-refractivity contribution is 0.0121. The summed E-state index contributed by atoms with van der Waals surface area (Å²) in [6.07, 6.45) is 2.20. The summed E-state index contributed by atoms with van der Waals surface area (Å²) in [5.41, 5.74) is -0.277. The molecular formula is C11H20N2O2. The second kappa shape index (κ2) is 4.00. The van der Waals surface area contributed by atoms with Gasteiger partial charge in [-0.3, -0.25) is 0 Å². The van der Waals surface area contributed by atoms with Crippen LogP contribution in [0.3, 0.4) is 0 Å². The molecule has 86 valence electrons. The van der Waals surface area contributed by atoms with Gasteiger partial charge >= 0.3 is 6.09 Å². The maximum Gasteiger partial charge on any atom is 0.410 e. The fraction of sp³-hybridized carbons (Fsp3) is 0.909. The third-order valence-electron chi connectivity index (χ3n) is 3.63. The van der Waals surface area contributed by atoms with E-state index in [1.807, 2.05) is 6.92 Å². The van der Waals surface area contributed by atoms with Crippen molar-refractivity contribution in [3.05, 3.63) is 0 Å². The van der Waals surface area contributed by atoms with Gasteiger partial charge < -0.3 is 15.0 Å². The van der Waals surface area contributed by atoms with E-state index in [1.165, 1.54) is 6.42 Å². The lowest BCUT2D eigenvalue weighted by atomic mass is 9.83. The van der Waals surface area contributed by atoms with Crippen molar-refractivity contribution >= 4 is 6.09 Å². The Kier molecular flexibility index (Phi) is 2.87. The number of hydrogen-bond acceptors (Lipinski definition) is 3. The minimum Gasteiger partial charge on any atom is -0.441 e. The van der Waals surface area contributed by atoms with Crippen LogP contribution in [-0.4, -0.2) is 42.8 Å². The first-order valence-corrected chi connectivity index (χ1v) is 5.84. The number of carbonyl (C=O) groups excluding carboxylic acids is 1. The molecule has 4 nitrogen and oxygen atoms in total. The molecule has 0 saturated carbocycles. The van der Waals surface area contributed by atoms with Gasteiger partial charge in [0, 0.05) is 19.0 Å². The number of cyclic esters (lactones) is 1. The first kappa shape index (κ1) is 10.7. The van der Waals surface area contributed by atoms with E-state index >= 15 is 0 Å². The lowest BCUT2D eigenvalue weighted by Crippen LogP contribution is -2.46. The summed E-state index contributed by atoms with van der Waals surface area (Å²) in [5, 5.41) is 3.37. The maximum absolute atomic E-state index is 11.5. The largest absolute Gasteiger partial charge is 0.441 e. The molecule has 1 amide bonds. The molecule has 0 aliphatic carbocycles. The van der Waals surface area contributed by atoms with Crippen molar-refractivity contribution in [1.82, 2.24) is 10.2 Å². The van der Waals surface area contributed by atoms with Crippen molar-refractivity contribution in [2.75, 3.05) is 26.2 Å². The Balaban J connectivity index is 2.04. The molecule has 1 N–H and O–H groups in total. The van der Waals surface area contributed by atoms with E-state index in [2.05, 4.69) is 12.2 Å². The van der Waals surface area contributed by atoms with Gasteiger partial charge in [-0.15, -0.1) is 0 Å². The van der Waals surface area contributed by atoms with E-state index in [0.29, 0.717) is 5.92 Å². The molecule has 4 heteroatoms. The number of ether oxygens (including phenoxy) is 1. The van der Waals surface area contributed by atoms with Crippen molar-refractivity contribution in [1.29, 1.82) is 0 Å². The van der Waals surface area contributed by atoms with E-state index in [9.17, 15) is 4.79 Å². The SMILES string of the molecule is CCN1CC(C)(C2CCCNC2)OC1=O. The Hall–Kier alpha value is -0.770. The molecule has 2 aliphatic rings. The summed E-state index contributed by atoms with van der Waals surface area (Å²) in [5.74, 6) is 0.465. The molecule has 2 aliphatic heterocycles. The summed E-state index contributed by atoms with van der Waals surface area (Å²) in [7, 11) is 0. The summed E-state index contributed by atoms with van der Waals surface area (Å²) in [6.45, 7) is 7.62. The van der Waals surface area contributed by atoms with Crippen LogP contribution in [-0.2, 0) is 4.74 Å². The van der Waals surface area contributed by atoms with Gasteiger partial charge in [0.25, 0.3) is 0 Å². The predicted molar refractivity (Wildman–Crippen MR) is 57.7 cm³/mol. The van der Waals surface area contributed by atoms with Crippen LogP contribution in [0.5, 0.6) is 0 Å². The molecule has 0 spiro atoms. The number of piperidine rings is 1. The first-order valence-electron chi connectivity index (χ1n) is 5.84. The highest BCUT2D eigenvalue weighted by atomic mass is 16.6. The van der Waals surface area contributed by atoms with Gasteiger partial charge in [0.2, 0.25) is 0 Å². The summed E-state index contributed by atoms with van der Waals surface area (Å²) < 4.78 is 5.54. The zero-order valence-electron chi connectivity index (χ0n) is 9.58. The van der Waals surface area contributed by atoms with Gasteiger partial charge in [0.05, 0.1) is 6.54 Å². The minimum atomic E-state index is -0.277. The fourth-order valence-corrected chi connectivity index (χ4v) is 2.57. The van der Waals surface area contributed by atoms with Crippen LogP contribution in [0.1, 0.15) is 26.7 Å². The molecule has 2 fully saturated rings. The topological polar surface area (TPSA) is 41.6 Å².